The molecule has 104 valence electrons. The Balaban J connectivity index is 2.41. The van der Waals surface area contributed by atoms with E-state index in [9.17, 15) is 9.59 Å². The van der Waals surface area contributed by atoms with Gasteiger partial charge in [-0.1, -0.05) is 23.2 Å². The van der Waals surface area contributed by atoms with E-state index >= 15 is 0 Å². The summed E-state index contributed by atoms with van der Waals surface area (Å²) in [5, 5.41) is 15.5. The van der Waals surface area contributed by atoms with Crippen LogP contribution >= 0.6 is 34.5 Å². The molecule has 2 N–H and O–H groups in total. The Kier molecular flexibility index (Phi) is 4.32. The van der Waals surface area contributed by atoms with Gasteiger partial charge in [0.05, 0.1) is 21.8 Å². The number of carboxylic acids is 1. The minimum atomic E-state index is -1.22. The maximum atomic E-state index is 12.1. The summed E-state index contributed by atoms with van der Waals surface area (Å²) in [7, 11) is 0. The van der Waals surface area contributed by atoms with Crippen LogP contribution in [0.4, 0.5) is 5.69 Å². The van der Waals surface area contributed by atoms with Crippen LogP contribution in [-0.4, -0.2) is 17.0 Å². The van der Waals surface area contributed by atoms with Crippen LogP contribution in [0.15, 0.2) is 22.9 Å². The molecule has 0 spiro atoms. The Labute approximate surface area is 128 Å². The molecule has 0 aliphatic heterocycles. The van der Waals surface area contributed by atoms with Gasteiger partial charge in [-0.15, -0.1) is 0 Å². The van der Waals surface area contributed by atoms with E-state index in [1.807, 2.05) is 5.38 Å². The molecule has 0 saturated heterocycles. The SMILES string of the molecule is Cc1cscc1C(=O)Nc1c(Cl)cc(Cl)cc1C(=O)O. The summed E-state index contributed by atoms with van der Waals surface area (Å²) in [4.78, 5) is 23.3. The number of hydrogen-bond acceptors (Lipinski definition) is 3. The van der Waals surface area contributed by atoms with Crippen LogP contribution in [0.2, 0.25) is 10.0 Å². The maximum Gasteiger partial charge on any atom is 0.337 e. The average Bonchev–Trinajstić information content (AvgIpc) is 2.78. The Morgan fingerprint density at radius 3 is 2.45 bits per heavy atom. The van der Waals surface area contributed by atoms with Gasteiger partial charge in [-0.05, 0) is 30.0 Å². The number of carbonyl (C=O) groups is 2. The highest BCUT2D eigenvalue weighted by Gasteiger charge is 2.19. The van der Waals surface area contributed by atoms with Crippen LogP contribution in [0.3, 0.4) is 0 Å². The molecule has 0 atom stereocenters. The highest BCUT2D eigenvalue weighted by atomic mass is 35.5. The third-order valence-electron chi connectivity index (χ3n) is 2.62. The van der Waals surface area contributed by atoms with Crippen LogP contribution in [0.1, 0.15) is 26.3 Å². The number of hydrogen-bond donors (Lipinski definition) is 2. The van der Waals surface area contributed by atoms with E-state index in [-0.39, 0.29) is 21.3 Å². The van der Waals surface area contributed by atoms with Crippen LogP contribution in [0.25, 0.3) is 0 Å². The second-order valence-corrected chi connectivity index (χ2v) is 5.63. The zero-order valence-corrected chi connectivity index (χ0v) is 12.6. The molecule has 1 aromatic carbocycles. The summed E-state index contributed by atoms with van der Waals surface area (Å²) in [5.41, 5.74) is 1.19. The first-order valence-corrected chi connectivity index (χ1v) is 7.16. The first-order valence-electron chi connectivity index (χ1n) is 5.46. The number of carboxylic acid groups (broad SMARTS) is 1. The molecule has 2 aromatic rings. The summed E-state index contributed by atoms with van der Waals surface area (Å²) in [6.45, 7) is 1.80. The molecule has 0 fully saturated rings. The molecule has 0 aliphatic carbocycles. The second kappa shape index (κ2) is 5.83. The molecule has 0 saturated carbocycles. The number of aryl methyl sites for hydroxylation is 1. The lowest BCUT2D eigenvalue weighted by Crippen LogP contribution is -2.15. The van der Waals surface area contributed by atoms with Crippen molar-refractivity contribution in [3.63, 3.8) is 0 Å². The van der Waals surface area contributed by atoms with Crippen molar-refractivity contribution in [1.82, 2.24) is 0 Å². The van der Waals surface area contributed by atoms with E-state index in [1.165, 1.54) is 23.5 Å². The molecule has 1 heterocycles. The first kappa shape index (κ1) is 14.8. The minimum Gasteiger partial charge on any atom is -0.478 e. The van der Waals surface area contributed by atoms with E-state index < -0.39 is 11.9 Å². The standard InChI is InChI=1S/C13H9Cl2NO3S/c1-6-4-20-5-9(6)12(17)16-11-8(13(18)19)2-7(14)3-10(11)15/h2-5H,1H3,(H,16,17)(H,18,19). The number of anilines is 1. The number of halogens is 2. The quantitative estimate of drug-likeness (QED) is 0.881. The molecule has 0 radical (unpaired) electrons. The lowest BCUT2D eigenvalue weighted by Gasteiger charge is -2.11. The van der Waals surface area contributed by atoms with Gasteiger partial charge >= 0.3 is 5.97 Å². The van der Waals surface area contributed by atoms with Gasteiger partial charge in [0.25, 0.3) is 5.91 Å². The van der Waals surface area contributed by atoms with Crippen molar-refractivity contribution >= 4 is 52.1 Å². The smallest absolute Gasteiger partial charge is 0.337 e. The molecule has 7 heteroatoms. The number of rotatable bonds is 3. The minimum absolute atomic E-state index is 0.0409. The molecular weight excluding hydrogens is 321 g/mol. The average molecular weight is 330 g/mol. The van der Waals surface area contributed by atoms with Crippen molar-refractivity contribution < 1.29 is 14.7 Å². The van der Waals surface area contributed by atoms with Gasteiger partial charge in [0.2, 0.25) is 0 Å². The third-order valence-corrected chi connectivity index (χ3v) is 4.00. The normalized spacial score (nSPS) is 10.3. The molecule has 0 unspecified atom stereocenters. The Morgan fingerprint density at radius 2 is 1.90 bits per heavy atom. The summed E-state index contributed by atoms with van der Waals surface area (Å²) in [5.74, 6) is -1.62. The van der Waals surface area contributed by atoms with Gasteiger partial charge in [-0.25, -0.2) is 4.79 Å². The summed E-state index contributed by atoms with van der Waals surface area (Å²) in [6.07, 6.45) is 0. The predicted octanol–water partition coefficient (Wildman–Crippen LogP) is 4.31. The Morgan fingerprint density at radius 1 is 1.20 bits per heavy atom. The van der Waals surface area contributed by atoms with Gasteiger partial charge in [0, 0.05) is 10.4 Å². The summed E-state index contributed by atoms with van der Waals surface area (Å²) < 4.78 is 0. The lowest BCUT2D eigenvalue weighted by atomic mass is 10.1. The van der Waals surface area contributed by atoms with Crippen molar-refractivity contribution in [2.45, 2.75) is 6.92 Å². The topological polar surface area (TPSA) is 66.4 Å². The van der Waals surface area contributed by atoms with E-state index in [0.717, 1.165) is 5.56 Å². The molecule has 1 amide bonds. The van der Waals surface area contributed by atoms with Gasteiger partial charge in [-0.3, -0.25) is 4.79 Å². The van der Waals surface area contributed by atoms with Gasteiger partial charge in [0.1, 0.15) is 0 Å². The second-order valence-electron chi connectivity index (χ2n) is 4.04. The van der Waals surface area contributed by atoms with Crippen LogP contribution in [-0.2, 0) is 0 Å². The van der Waals surface area contributed by atoms with Gasteiger partial charge in [-0.2, -0.15) is 11.3 Å². The molecule has 20 heavy (non-hydrogen) atoms. The van der Waals surface area contributed by atoms with Crippen LogP contribution in [0.5, 0.6) is 0 Å². The number of thiophene rings is 1. The van der Waals surface area contributed by atoms with Crippen molar-refractivity contribution in [3.05, 3.63) is 49.6 Å². The Bertz CT molecular complexity index is 697. The van der Waals surface area contributed by atoms with Gasteiger partial charge in [0.15, 0.2) is 0 Å². The largest absolute Gasteiger partial charge is 0.478 e. The van der Waals surface area contributed by atoms with Crippen LogP contribution < -0.4 is 5.32 Å². The van der Waals surface area contributed by atoms with E-state index in [0.29, 0.717) is 5.56 Å². The summed E-state index contributed by atoms with van der Waals surface area (Å²) >= 11 is 13.1. The summed E-state index contributed by atoms with van der Waals surface area (Å²) in [6, 6.07) is 2.62. The van der Waals surface area contributed by atoms with Crippen molar-refractivity contribution in [3.8, 4) is 0 Å². The van der Waals surface area contributed by atoms with Crippen molar-refractivity contribution in [2.75, 3.05) is 5.32 Å². The number of benzene rings is 1. The first-order chi connectivity index (χ1) is 9.40. The fourth-order valence-electron chi connectivity index (χ4n) is 1.64. The van der Waals surface area contributed by atoms with Crippen LogP contribution in [0, 0.1) is 6.92 Å². The zero-order valence-electron chi connectivity index (χ0n) is 10.2. The fourth-order valence-corrected chi connectivity index (χ4v) is 3.01. The highest BCUT2D eigenvalue weighted by molar-refractivity contribution is 7.08. The predicted molar refractivity (Wildman–Crippen MR) is 80.4 cm³/mol. The lowest BCUT2D eigenvalue weighted by molar-refractivity contribution is 0.0698. The van der Waals surface area contributed by atoms with Crippen molar-refractivity contribution in [1.29, 1.82) is 0 Å². The highest BCUT2D eigenvalue weighted by Crippen LogP contribution is 2.31. The number of nitrogens with one attached hydrogen (secondary N) is 1. The molecule has 1 aromatic heterocycles. The van der Waals surface area contributed by atoms with E-state index in [4.69, 9.17) is 28.3 Å². The molecule has 0 aliphatic rings. The molecular formula is C13H9Cl2NO3S. The van der Waals surface area contributed by atoms with Crippen molar-refractivity contribution in [2.24, 2.45) is 0 Å². The fraction of sp³-hybridized carbons (Fsp3) is 0.0769. The number of carbonyl (C=O) groups excluding carboxylic acids is 1. The Hall–Kier alpha value is -1.56. The number of amides is 1. The molecule has 0 bridgehead atoms. The van der Waals surface area contributed by atoms with Gasteiger partial charge < -0.3 is 10.4 Å². The molecule has 2 rings (SSSR count). The maximum absolute atomic E-state index is 12.1. The monoisotopic (exact) mass is 329 g/mol. The van der Waals surface area contributed by atoms with E-state index in [1.54, 1.807) is 12.3 Å². The third kappa shape index (κ3) is 2.95. The zero-order chi connectivity index (χ0) is 14.9. The van der Waals surface area contributed by atoms with E-state index in [2.05, 4.69) is 5.32 Å². The number of aromatic carboxylic acids is 1. The molecule has 4 nitrogen and oxygen atoms in total.